The minimum atomic E-state index is -0.763. The predicted molar refractivity (Wildman–Crippen MR) is 178 cm³/mol. The van der Waals surface area contributed by atoms with Gasteiger partial charge in [0.2, 0.25) is 0 Å². The summed E-state index contributed by atoms with van der Waals surface area (Å²) in [5.74, 6) is 1.14. The van der Waals surface area contributed by atoms with Gasteiger partial charge in [-0.05, 0) is 24.7 Å². The molecule has 0 aromatic heterocycles. The van der Waals surface area contributed by atoms with Crippen molar-refractivity contribution in [1.29, 1.82) is 0 Å². The Morgan fingerprint density at radius 1 is 0.524 bits per heavy atom. The zero-order chi connectivity index (χ0) is 31.1. The molecule has 0 saturated carbocycles. The first-order valence-electron chi connectivity index (χ1n) is 18.4. The van der Waals surface area contributed by atoms with Crippen LogP contribution < -0.4 is 0 Å². The molecule has 0 spiro atoms. The number of rotatable bonds is 32. The maximum atomic E-state index is 12.1. The van der Waals surface area contributed by atoms with Crippen LogP contribution in [0, 0.1) is 11.8 Å². The molecule has 0 bridgehead atoms. The van der Waals surface area contributed by atoms with E-state index in [1.807, 2.05) is 0 Å². The van der Waals surface area contributed by atoms with Crippen LogP contribution >= 0.6 is 0 Å². The molecule has 0 aliphatic carbocycles. The van der Waals surface area contributed by atoms with Crippen LogP contribution in [0.4, 0.5) is 0 Å². The molecule has 5 heteroatoms. The summed E-state index contributed by atoms with van der Waals surface area (Å²) in [7, 11) is 0. The minimum Gasteiger partial charge on any atom is -0.462 e. The van der Waals surface area contributed by atoms with Gasteiger partial charge in [-0.25, -0.2) is 0 Å². The second-order valence-corrected chi connectivity index (χ2v) is 13.2. The average Bonchev–Trinajstić information content (AvgIpc) is 2.99. The van der Waals surface area contributed by atoms with Crippen LogP contribution in [-0.4, -0.2) is 36.4 Å². The summed E-state index contributed by atoms with van der Waals surface area (Å²) in [5, 5.41) is 9.51. The molecule has 0 heterocycles. The van der Waals surface area contributed by atoms with E-state index < -0.39 is 6.10 Å². The molecule has 0 radical (unpaired) electrons. The fraction of sp³-hybridized carbons (Fsp3) is 0.946. The molecule has 0 aliphatic rings. The first-order chi connectivity index (χ1) is 20.4. The zero-order valence-corrected chi connectivity index (χ0v) is 28.6. The third kappa shape index (κ3) is 29.0. The van der Waals surface area contributed by atoms with Gasteiger partial charge in [-0.2, -0.15) is 0 Å². The number of unbranched alkanes of at least 4 members (excludes halogenated alkanes) is 18. The van der Waals surface area contributed by atoms with Gasteiger partial charge in [0.15, 0.2) is 6.10 Å². The molecule has 2 unspecified atom stereocenters. The molecule has 42 heavy (non-hydrogen) atoms. The van der Waals surface area contributed by atoms with Gasteiger partial charge < -0.3 is 14.6 Å². The number of esters is 2. The smallest absolute Gasteiger partial charge is 0.306 e. The fourth-order valence-corrected chi connectivity index (χ4v) is 5.39. The van der Waals surface area contributed by atoms with Gasteiger partial charge in [0, 0.05) is 12.8 Å². The summed E-state index contributed by atoms with van der Waals surface area (Å²) >= 11 is 0. The maximum absolute atomic E-state index is 12.1. The lowest BCUT2D eigenvalue weighted by molar-refractivity contribution is -0.161. The van der Waals surface area contributed by atoms with Crippen molar-refractivity contribution < 1.29 is 24.2 Å². The van der Waals surface area contributed by atoms with Crippen molar-refractivity contribution in [3.05, 3.63) is 0 Å². The Kier molecular flexibility index (Phi) is 30.5. The van der Waals surface area contributed by atoms with Gasteiger partial charge >= 0.3 is 11.9 Å². The lowest BCUT2D eigenvalue weighted by Gasteiger charge is -2.15. The van der Waals surface area contributed by atoms with Crippen LogP contribution in [0.2, 0.25) is 0 Å². The lowest BCUT2D eigenvalue weighted by atomic mass is 9.99. The molecule has 0 rings (SSSR count). The van der Waals surface area contributed by atoms with E-state index >= 15 is 0 Å². The predicted octanol–water partition coefficient (Wildman–Crippen LogP) is 10.9. The molecule has 5 nitrogen and oxygen atoms in total. The van der Waals surface area contributed by atoms with E-state index in [1.165, 1.54) is 122 Å². The Balaban J connectivity index is 3.52. The van der Waals surface area contributed by atoms with Gasteiger partial charge in [-0.1, -0.05) is 169 Å². The van der Waals surface area contributed by atoms with Gasteiger partial charge in [0.1, 0.15) is 6.61 Å². The van der Waals surface area contributed by atoms with Crippen molar-refractivity contribution in [2.24, 2.45) is 11.8 Å². The van der Waals surface area contributed by atoms with Crippen LogP contribution in [0.5, 0.6) is 0 Å². The highest BCUT2D eigenvalue weighted by Crippen LogP contribution is 2.17. The van der Waals surface area contributed by atoms with Crippen LogP contribution in [0.25, 0.3) is 0 Å². The number of aliphatic hydroxyl groups is 1. The summed E-state index contributed by atoms with van der Waals surface area (Å²) in [6, 6.07) is 0. The van der Waals surface area contributed by atoms with E-state index in [4.69, 9.17) is 9.47 Å². The standard InChI is InChI=1S/C37H72O5/c1-5-33(3)27-23-19-15-13-11-9-7-8-10-12-14-16-21-25-29-36(39)41-32-35(31-38)42-37(40)30-26-22-18-17-20-24-28-34(4)6-2/h33-35,38H,5-32H2,1-4H3/t33?,34?,35-/m0/s1. The lowest BCUT2D eigenvalue weighted by Crippen LogP contribution is -2.28. The summed E-state index contributed by atoms with van der Waals surface area (Å²) < 4.78 is 10.6. The van der Waals surface area contributed by atoms with Crippen LogP contribution in [0.1, 0.15) is 195 Å². The molecule has 0 fully saturated rings. The highest BCUT2D eigenvalue weighted by Gasteiger charge is 2.16. The van der Waals surface area contributed by atoms with Gasteiger partial charge in [-0.15, -0.1) is 0 Å². The molecular formula is C37H72O5. The summed E-state index contributed by atoms with van der Waals surface area (Å²) in [5.41, 5.74) is 0. The number of carbonyl (C=O) groups excluding carboxylic acids is 2. The average molecular weight is 597 g/mol. The van der Waals surface area contributed by atoms with Crippen molar-refractivity contribution in [2.45, 2.75) is 201 Å². The van der Waals surface area contributed by atoms with Crippen LogP contribution in [0.15, 0.2) is 0 Å². The molecule has 1 N–H and O–H groups in total. The van der Waals surface area contributed by atoms with E-state index in [0.717, 1.165) is 43.9 Å². The maximum Gasteiger partial charge on any atom is 0.306 e. The van der Waals surface area contributed by atoms with Crippen molar-refractivity contribution >= 4 is 11.9 Å². The second-order valence-electron chi connectivity index (χ2n) is 13.2. The number of aliphatic hydroxyl groups excluding tert-OH is 1. The highest BCUT2D eigenvalue weighted by molar-refractivity contribution is 5.70. The quantitative estimate of drug-likeness (QED) is 0.0617. The molecule has 0 aliphatic heterocycles. The Bertz CT molecular complexity index is 593. The Morgan fingerprint density at radius 2 is 0.857 bits per heavy atom. The zero-order valence-electron chi connectivity index (χ0n) is 28.6. The third-order valence-corrected chi connectivity index (χ3v) is 8.98. The van der Waals surface area contributed by atoms with Gasteiger partial charge in [-0.3, -0.25) is 9.59 Å². The molecule has 0 aromatic carbocycles. The van der Waals surface area contributed by atoms with Crippen molar-refractivity contribution in [3.8, 4) is 0 Å². The fourth-order valence-electron chi connectivity index (χ4n) is 5.39. The van der Waals surface area contributed by atoms with Gasteiger partial charge in [0.05, 0.1) is 6.61 Å². The molecule has 0 saturated heterocycles. The molecule has 0 aromatic rings. The summed E-state index contributed by atoms with van der Waals surface area (Å²) in [6.07, 6.45) is 30.1. The number of ether oxygens (including phenoxy) is 2. The van der Waals surface area contributed by atoms with Crippen molar-refractivity contribution in [2.75, 3.05) is 13.2 Å². The number of hydrogen-bond donors (Lipinski definition) is 1. The van der Waals surface area contributed by atoms with Gasteiger partial charge in [0.25, 0.3) is 0 Å². The number of hydrogen-bond acceptors (Lipinski definition) is 5. The first kappa shape index (κ1) is 40.9. The largest absolute Gasteiger partial charge is 0.462 e. The first-order valence-corrected chi connectivity index (χ1v) is 18.4. The van der Waals surface area contributed by atoms with E-state index in [-0.39, 0.29) is 25.2 Å². The summed E-state index contributed by atoms with van der Waals surface area (Å²) in [6.45, 7) is 8.84. The monoisotopic (exact) mass is 597 g/mol. The summed E-state index contributed by atoms with van der Waals surface area (Å²) in [4.78, 5) is 24.1. The SMILES string of the molecule is CCC(C)CCCCCCCCCCCCCCCCC(=O)OC[C@H](CO)OC(=O)CCCCCCCCC(C)CC. The highest BCUT2D eigenvalue weighted by atomic mass is 16.6. The Morgan fingerprint density at radius 3 is 1.21 bits per heavy atom. The Hall–Kier alpha value is -1.10. The second kappa shape index (κ2) is 31.3. The molecule has 250 valence electrons. The topological polar surface area (TPSA) is 72.8 Å². The molecular weight excluding hydrogens is 524 g/mol. The third-order valence-electron chi connectivity index (χ3n) is 8.98. The van der Waals surface area contributed by atoms with Crippen molar-refractivity contribution in [1.82, 2.24) is 0 Å². The van der Waals surface area contributed by atoms with E-state index in [9.17, 15) is 14.7 Å². The van der Waals surface area contributed by atoms with E-state index in [1.54, 1.807) is 0 Å². The molecule has 0 amide bonds. The van der Waals surface area contributed by atoms with E-state index in [2.05, 4.69) is 27.7 Å². The van der Waals surface area contributed by atoms with Crippen LogP contribution in [0.3, 0.4) is 0 Å². The number of carbonyl (C=O) groups is 2. The molecule has 3 atom stereocenters. The Labute approximate surface area is 261 Å². The van der Waals surface area contributed by atoms with Crippen molar-refractivity contribution in [3.63, 3.8) is 0 Å². The minimum absolute atomic E-state index is 0.0600. The van der Waals surface area contributed by atoms with E-state index in [0.29, 0.717) is 12.8 Å². The van der Waals surface area contributed by atoms with Crippen LogP contribution in [-0.2, 0) is 19.1 Å². The normalized spacial score (nSPS) is 13.5.